The van der Waals surface area contributed by atoms with Gasteiger partial charge >= 0.3 is 18.0 Å². The molecule has 0 aromatic heterocycles. The minimum Gasteiger partial charge on any atom is -0.479 e. The van der Waals surface area contributed by atoms with Crippen LogP contribution in [0.3, 0.4) is 0 Å². The smallest absolute Gasteiger partial charge is 0.407 e. The summed E-state index contributed by atoms with van der Waals surface area (Å²) in [5.41, 5.74) is 3.56. The summed E-state index contributed by atoms with van der Waals surface area (Å²) in [5, 5.41) is 11.8. The second kappa shape index (κ2) is 9.19. The van der Waals surface area contributed by atoms with Gasteiger partial charge in [-0.1, -0.05) is 30.3 Å². The van der Waals surface area contributed by atoms with Crippen LogP contribution >= 0.6 is 0 Å². The maximum absolute atomic E-state index is 12.1. The molecule has 8 heteroatoms. The van der Waals surface area contributed by atoms with Crippen molar-refractivity contribution in [1.82, 2.24) is 5.32 Å². The number of benzene rings is 1. The molecule has 1 atom stereocenters. The van der Waals surface area contributed by atoms with Crippen LogP contribution in [0.15, 0.2) is 30.3 Å². The van der Waals surface area contributed by atoms with Crippen molar-refractivity contribution in [2.24, 2.45) is 5.73 Å². The third kappa shape index (κ3) is 7.10. The molecule has 0 bridgehead atoms. The van der Waals surface area contributed by atoms with Crippen LogP contribution < -0.4 is 11.1 Å². The number of carbonyl (C=O) groups excluding carboxylic acids is 2. The lowest BCUT2D eigenvalue weighted by Gasteiger charge is -2.28. The van der Waals surface area contributed by atoms with Crippen molar-refractivity contribution in [3.8, 4) is 0 Å². The standard InChI is InChI=1S/C18H26N2O6/c1-17(2,3)26-15(23)18(19,14(21)22)10-7-11-20-16(24)25-12-13-8-5-4-6-9-13/h4-6,8-9H,7,10-12,19H2,1-3H3,(H,20,24)(H,21,22)/t18-/m0/s1. The number of hydrogen-bond donors (Lipinski definition) is 3. The predicted octanol–water partition coefficient (Wildman–Crippen LogP) is 1.82. The number of nitrogens with two attached hydrogens (primary N) is 1. The number of carboxylic acid groups (broad SMARTS) is 1. The van der Waals surface area contributed by atoms with Gasteiger partial charge in [0, 0.05) is 6.54 Å². The maximum Gasteiger partial charge on any atom is 0.407 e. The van der Waals surface area contributed by atoms with Crippen LogP contribution in [0, 0.1) is 0 Å². The Morgan fingerprint density at radius 3 is 2.31 bits per heavy atom. The van der Waals surface area contributed by atoms with Crippen molar-refractivity contribution in [3.05, 3.63) is 35.9 Å². The number of carboxylic acids is 1. The van der Waals surface area contributed by atoms with Gasteiger partial charge in [-0.25, -0.2) is 14.4 Å². The van der Waals surface area contributed by atoms with E-state index in [1.165, 1.54) is 0 Å². The van der Waals surface area contributed by atoms with E-state index in [0.717, 1.165) is 5.56 Å². The predicted molar refractivity (Wildman–Crippen MR) is 94.3 cm³/mol. The molecule has 26 heavy (non-hydrogen) atoms. The van der Waals surface area contributed by atoms with Crippen LogP contribution in [0.4, 0.5) is 4.79 Å². The molecule has 1 aromatic rings. The van der Waals surface area contributed by atoms with Crippen molar-refractivity contribution in [2.45, 2.75) is 51.4 Å². The molecule has 0 spiro atoms. The number of nitrogens with one attached hydrogen (secondary N) is 1. The molecule has 0 heterocycles. The Balaban J connectivity index is 2.42. The first-order valence-electron chi connectivity index (χ1n) is 8.25. The Hall–Kier alpha value is -2.61. The summed E-state index contributed by atoms with van der Waals surface area (Å²) in [6.45, 7) is 5.11. The highest BCUT2D eigenvalue weighted by molar-refractivity contribution is 6.03. The van der Waals surface area contributed by atoms with E-state index in [9.17, 15) is 19.5 Å². The highest BCUT2D eigenvalue weighted by Gasteiger charge is 2.44. The highest BCUT2D eigenvalue weighted by atomic mass is 16.6. The van der Waals surface area contributed by atoms with Crippen molar-refractivity contribution >= 4 is 18.0 Å². The summed E-state index contributed by atoms with van der Waals surface area (Å²) in [6, 6.07) is 9.17. The molecule has 0 aliphatic heterocycles. The zero-order chi connectivity index (χ0) is 19.8. The van der Waals surface area contributed by atoms with Crippen LogP contribution in [0.1, 0.15) is 39.2 Å². The van der Waals surface area contributed by atoms with Gasteiger partial charge < -0.3 is 25.6 Å². The second-order valence-corrected chi connectivity index (χ2v) is 6.87. The number of esters is 1. The molecule has 0 aliphatic rings. The van der Waals surface area contributed by atoms with Gasteiger partial charge in [0.25, 0.3) is 0 Å². The first-order chi connectivity index (χ1) is 12.0. The SMILES string of the molecule is CC(C)(C)OC(=O)[C@](N)(CCCNC(=O)OCc1ccccc1)C(=O)O. The fraction of sp³-hybridized carbons (Fsp3) is 0.500. The normalized spacial score (nSPS) is 13.4. The van der Waals surface area contributed by atoms with Crippen LogP contribution in [-0.2, 0) is 25.7 Å². The molecule has 1 rings (SSSR count). The lowest BCUT2D eigenvalue weighted by molar-refractivity contribution is -0.169. The molecule has 1 amide bonds. The van der Waals surface area contributed by atoms with Gasteiger partial charge in [-0.2, -0.15) is 0 Å². The Bertz CT molecular complexity index is 626. The summed E-state index contributed by atoms with van der Waals surface area (Å²) >= 11 is 0. The molecule has 0 saturated heterocycles. The van der Waals surface area contributed by atoms with Crippen molar-refractivity contribution in [1.29, 1.82) is 0 Å². The van der Waals surface area contributed by atoms with Gasteiger partial charge in [0.05, 0.1) is 0 Å². The molecular weight excluding hydrogens is 340 g/mol. The molecule has 0 fully saturated rings. The minimum atomic E-state index is -2.16. The van der Waals surface area contributed by atoms with E-state index < -0.39 is 29.2 Å². The average Bonchev–Trinajstić information content (AvgIpc) is 2.55. The number of aliphatic carboxylic acids is 1. The fourth-order valence-electron chi connectivity index (χ4n) is 2.00. The van der Waals surface area contributed by atoms with E-state index in [-0.39, 0.29) is 26.0 Å². The third-order valence-corrected chi connectivity index (χ3v) is 3.37. The zero-order valence-electron chi connectivity index (χ0n) is 15.3. The number of carbonyl (C=O) groups is 3. The largest absolute Gasteiger partial charge is 0.479 e. The van der Waals surface area contributed by atoms with Crippen molar-refractivity contribution in [2.75, 3.05) is 6.54 Å². The van der Waals surface area contributed by atoms with Crippen LogP contribution in [0.25, 0.3) is 0 Å². The Kier molecular flexibility index (Phi) is 7.57. The Labute approximate surface area is 152 Å². The molecular formula is C18H26N2O6. The van der Waals surface area contributed by atoms with Gasteiger partial charge in [-0.3, -0.25) is 0 Å². The maximum atomic E-state index is 12.1. The van der Waals surface area contributed by atoms with E-state index in [0.29, 0.717) is 0 Å². The number of rotatable bonds is 8. The molecule has 144 valence electrons. The van der Waals surface area contributed by atoms with Gasteiger partial charge in [0.2, 0.25) is 5.54 Å². The average molecular weight is 366 g/mol. The lowest BCUT2D eigenvalue weighted by atomic mass is 9.94. The second-order valence-electron chi connectivity index (χ2n) is 6.87. The monoisotopic (exact) mass is 366 g/mol. The van der Waals surface area contributed by atoms with Crippen LogP contribution in [0.2, 0.25) is 0 Å². The number of ether oxygens (including phenoxy) is 2. The highest BCUT2D eigenvalue weighted by Crippen LogP contribution is 2.17. The molecule has 0 aliphatic carbocycles. The van der Waals surface area contributed by atoms with E-state index in [4.69, 9.17) is 15.2 Å². The fourth-order valence-corrected chi connectivity index (χ4v) is 2.00. The topological polar surface area (TPSA) is 128 Å². The van der Waals surface area contributed by atoms with Gasteiger partial charge in [0.15, 0.2) is 0 Å². The number of amides is 1. The first-order valence-corrected chi connectivity index (χ1v) is 8.25. The molecule has 4 N–H and O–H groups in total. The summed E-state index contributed by atoms with van der Waals surface area (Å²) in [4.78, 5) is 35.1. The zero-order valence-corrected chi connectivity index (χ0v) is 15.3. The van der Waals surface area contributed by atoms with E-state index in [2.05, 4.69) is 5.32 Å². The van der Waals surface area contributed by atoms with E-state index >= 15 is 0 Å². The van der Waals surface area contributed by atoms with Crippen molar-refractivity contribution < 1.29 is 29.0 Å². The minimum absolute atomic E-state index is 0.114. The first kappa shape index (κ1) is 21.4. The molecule has 1 aromatic carbocycles. The molecule has 0 radical (unpaired) electrons. The third-order valence-electron chi connectivity index (χ3n) is 3.37. The molecule has 0 unspecified atom stereocenters. The molecule has 0 saturated carbocycles. The van der Waals surface area contributed by atoms with Crippen LogP contribution in [0.5, 0.6) is 0 Å². The van der Waals surface area contributed by atoms with Gasteiger partial charge in [-0.05, 0) is 39.2 Å². The van der Waals surface area contributed by atoms with E-state index in [1.54, 1.807) is 20.8 Å². The van der Waals surface area contributed by atoms with Crippen molar-refractivity contribution in [3.63, 3.8) is 0 Å². The molecule has 8 nitrogen and oxygen atoms in total. The van der Waals surface area contributed by atoms with Gasteiger partial charge in [0.1, 0.15) is 12.2 Å². The van der Waals surface area contributed by atoms with E-state index in [1.807, 2.05) is 30.3 Å². The summed E-state index contributed by atoms with van der Waals surface area (Å²) < 4.78 is 10.1. The number of hydrogen-bond acceptors (Lipinski definition) is 6. The summed E-state index contributed by atoms with van der Waals surface area (Å²) in [7, 11) is 0. The summed E-state index contributed by atoms with van der Waals surface area (Å²) in [6.07, 6.45) is -0.650. The quantitative estimate of drug-likeness (QED) is 0.364. The number of alkyl carbamates (subject to hydrolysis) is 1. The van der Waals surface area contributed by atoms with Gasteiger partial charge in [-0.15, -0.1) is 0 Å². The Morgan fingerprint density at radius 1 is 1.15 bits per heavy atom. The Morgan fingerprint density at radius 2 is 1.77 bits per heavy atom. The van der Waals surface area contributed by atoms with Crippen LogP contribution in [-0.4, -0.2) is 40.8 Å². The lowest BCUT2D eigenvalue weighted by Crippen LogP contribution is -2.57. The summed E-state index contributed by atoms with van der Waals surface area (Å²) in [5.74, 6) is -2.48.